The van der Waals surface area contributed by atoms with Crippen molar-refractivity contribution in [2.45, 2.75) is 20.0 Å². The zero-order valence-electron chi connectivity index (χ0n) is 10.7. The smallest absolute Gasteiger partial charge is 0.152 e. The summed E-state index contributed by atoms with van der Waals surface area (Å²) in [6.45, 7) is 3.06. The van der Waals surface area contributed by atoms with Crippen LogP contribution in [0.25, 0.3) is 0 Å². The average molecular weight is 259 g/mol. The molecule has 0 aromatic carbocycles. The first kappa shape index (κ1) is 14.5. The van der Waals surface area contributed by atoms with Crippen molar-refractivity contribution in [2.24, 2.45) is 10.7 Å². The van der Waals surface area contributed by atoms with Gasteiger partial charge in [0.1, 0.15) is 12.2 Å². The number of hydrogen-bond acceptors (Lipinski definition) is 5. The number of allylic oxidation sites excluding steroid dienone is 2. The van der Waals surface area contributed by atoms with E-state index in [1.165, 1.54) is 19.3 Å². The Hall–Kier alpha value is -2.55. The molecule has 0 radical (unpaired) electrons. The number of aryl methyl sites for hydroxylation is 1. The van der Waals surface area contributed by atoms with Crippen LogP contribution in [-0.4, -0.2) is 23.6 Å². The first-order chi connectivity index (χ1) is 8.99. The zero-order chi connectivity index (χ0) is 14.4. The van der Waals surface area contributed by atoms with Crippen LogP contribution in [0, 0.1) is 23.7 Å². The lowest BCUT2D eigenvalue weighted by Gasteiger charge is -2.04. The number of nitriles is 1. The summed E-state index contributed by atoms with van der Waals surface area (Å²) in [5.41, 5.74) is 6.87. The summed E-state index contributed by atoms with van der Waals surface area (Å²) >= 11 is 0. The Bertz CT molecular complexity index is 581. The van der Waals surface area contributed by atoms with Crippen LogP contribution in [0.4, 0.5) is 10.2 Å². The fourth-order valence-electron chi connectivity index (χ4n) is 1.29. The first-order valence-corrected chi connectivity index (χ1v) is 5.54. The van der Waals surface area contributed by atoms with Crippen LogP contribution in [0.2, 0.25) is 0 Å². The summed E-state index contributed by atoms with van der Waals surface area (Å²) in [4.78, 5) is 7.98. The molecule has 0 bridgehead atoms. The molecular weight excluding hydrogens is 245 g/mol. The summed E-state index contributed by atoms with van der Waals surface area (Å²) in [6, 6.07) is 3.63. The molecule has 0 fully saturated rings. The second-order valence-electron chi connectivity index (χ2n) is 3.90. The van der Waals surface area contributed by atoms with E-state index >= 15 is 0 Å². The van der Waals surface area contributed by atoms with Gasteiger partial charge < -0.3 is 11.1 Å². The summed E-state index contributed by atoms with van der Waals surface area (Å²) in [7, 11) is 0. The third-order valence-corrected chi connectivity index (χ3v) is 2.47. The maximum Gasteiger partial charge on any atom is 0.152 e. The van der Waals surface area contributed by atoms with Crippen LogP contribution in [-0.2, 0) is 0 Å². The lowest BCUT2D eigenvalue weighted by Crippen LogP contribution is -2.13. The zero-order valence-corrected chi connectivity index (χ0v) is 10.7. The molecule has 1 atom stereocenters. The molecule has 98 valence electrons. The van der Waals surface area contributed by atoms with Crippen molar-refractivity contribution in [1.29, 1.82) is 10.7 Å². The Morgan fingerprint density at radius 2 is 2.37 bits per heavy atom. The third kappa shape index (κ3) is 3.71. The quantitative estimate of drug-likeness (QED) is 0.810. The van der Waals surface area contributed by atoms with Crippen molar-refractivity contribution in [3.63, 3.8) is 0 Å². The number of nitrogens with one attached hydrogen (secondary N) is 1. The lowest BCUT2D eigenvalue weighted by atomic mass is 10.2. The minimum Gasteiger partial charge on any atom is -0.399 e. The van der Waals surface area contributed by atoms with E-state index in [-0.39, 0.29) is 11.3 Å². The van der Waals surface area contributed by atoms with Gasteiger partial charge in [-0.3, -0.25) is 0 Å². The lowest BCUT2D eigenvalue weighted by molar-refractivity contribution is 0.408. The molecule has 1 unspecified atom stereocenters. The Kier molecular flexibility index (Phi) is 4.89. The van der Waals surface area contributed by atoms with Crippen molar-refractivity contribution in [1.82, 2.24) is 4.98 Å². The van der Waals surface area contributed by atoms with E-state index < -0.39 is 6.17 Å². The second kappa shape index (κ2) is 6.40. The van der Waals surface area contributed by atoms with E-state index in [2.05, 4.69) is 9.98 Å². The van der Waals surface area contributed by atoms with Gasteiger partial charge in [-0.2, -0.15) is 5.26 Å². The maximum atomic E-state index is 13.0. The largest absolute Gasteiger partial charge is 0.399 e. The van der Waals surface area contributed by atoms with Crippen molar-refractivity contribution < 1.29 is 4.39 Å². The highest BCUT2D eigenvalue weighted by Gasteiger charge is 2.06. The minimum atomic E-state index is -1.35. The SMILES string of the molecule is Cc1cc(N=CC(C=N)=C(N)C(C)F)ncc1C#N. The van der Waals surface area contributed by atoms with Gasteiger partial charge in [-0.05, 0) is 25.5 Å². The standard InChI is InChI=1S/C13H14FN5/c1-8-3-12(18-6-10(8)4-15)19-7-11(5-16)13(17)9(2)14/h3,5-7,9,16H,17H2,1-2H3. The van der Waals surface area contributed by atoms with Crippen molar-refractivity contribution in [3.05, 3.63) is 34.7 Å². The van der Waals surface area contributed by atoms with Gasteiger partial charge in [0, 0.05) is 24.2 Å². The number of alkyl halides is 1. The van der Waals surface area contributed by atoms with Gasteiger partial charge in [0.05, 0.1) is 11.3 Å². The molecule has 0 saturated heterocycles. The molecule has 1 heterocycles. The molecule has 5 nitrogen and oxygen atoms in total. The fraction of sp³-hybridized carbons (Fsp3) is 0.231. The highest BCUT2D eigenvalue weighted by atomic mass is 19.1. The highest BCUT2D eigenvalue weighted by Crippen LogP contribution is 2.14. The van der Waals surface area contributed by atoms with Crippen LogP contribution < -0.4 is 5.73 Å². The molecule has 1 aromatic heterocycles. The number of rotatable bonds is 4. The highest BCUT2D eigenvalue weighted by molar-refractivity contribution is 6.04. The summed E-state index contributed by atoms with van der Waals surface area (Å²) in [5, 5.41) is 15.9. The molecule has 19 heavy (non-hydrogen) atoms. The predicted molar refractivity (Wildman–Crippen MR) is 72.4 cm³/mol. The molecule has 1 aromatic rings. The first-order valence-electron chi connectivity index (χ1n) is 5.54. The van der Waals surface area contributed by atoms with Gasteiger partial charge in [-0.25, -0.2) is 14.4 Å². The van der Waals surface area contributed by atoms with Crippen LogP contribution in [0.5, 0.6) is 0 Å². The summed E-state index contributed by atoms with van der Waals surface area (Å²) in [6.07, 6.45) is 2.29. The van der Waals surface area contributed by atoms with Crippen LogP contribution >= 0.6 is 0 Å². The van der Waals surface area contributed by atoms with Gasteiger partial charge in [0.25, 0.3) is 0 Å². The molecule has 0 amide bonds. The number of pyridine rings is 1. The maximum absolute atomic E-state index is 13.0. The van der Waals surface area contributed by atoms with Gasteiger partial charge in [0.15, 0.2) is 5.82 Å². The molecule has 6 heteroatoms. The van der Waals surface area contributed by atoms with Crippen molar-refractivity contribution in [2.75, 3.05) is 0 Å². The van der Waals surface area contributed by atoms with E-state index in [0.29, 0.717) is 11.4 Å². The molecular formula is C13H14FN5. The van der Waals surface area contributed by atoms with Crippen LogP contribution in [0.1, 0.15) is 18.1 Å². The Morgan fingerprint density at radius 1 is 1.68 bits per heavy atom. The summed E-state index contributed by atoms with van der Waals surface area (Å²) in [5.74, 6) is 0.371. The fourth-order valence-corrected chi connectivity index (χ4v) is 1.29. The van der Waals surface area contributed by atoms with E-state index in [1.54, 1.807) is 13.0 Å². The molecule has 0 aliphatic carbocycles. The number of aliphatic imine (C=N–C) groups is 1. The normalized spacial score (nSPS) is 13.8. The van der Waals surface area contributed by atoms with Crippen LogP contribution in [0.15, 0.2) is 28.5 Å². The molecule has 0 spiro atoms. The van der Waals surface area contributed by atoms with E-state index in [1.807, 2.05) is 6.07 Å². The van der Waals surface area contributed by atoms with E-state index in [4.69, 9.17) is 16.4 Å². The molecule has 0 saturated carbocycles. The van der Waals surface area contributed by atoms with Gasteiger partial charge >= 0.3 is 0 Å². The molecule has 0 aliphatic rings. The molecule has 3 N–H and O–H groups in total. The van der Waals surface area contributed by atoms with E-state index in [9.17, 15) is 4.39 Å². The van der Waals surface area contributed by atoms with Crippen molar-refractivity contribution >= 4 is 18.2 Å². The predicted octanol–water partition coefficient (Wildman–Crippen LogP) is 2.18. The van der Waals surface area contributed by atoms with Gasteiger partial charge in [0.2, 0.25) is 0 Å². The Labute approximate surface area is 110 Å². The monoisotopic (exact) mass is 259 g/mol. The Morgan fingerprint density at radius 3 is 2.84 bits per heavy atom. The number of nitrogens with zero attached hydrogens (tertiary/aromatic N) is 3. The van der Waals surface area contributed by atoms with Crippen LogP contribution in [0.3, 0.4) is 0 Å². The van der Waals surface area contributed by atoms with Gasteiger partial charge in [-0.15, -0.1) is 0 Å². The number of halogens is 1. The average Bonchev–Trinajstić information content (AvgIpc) is 2.39. The van der Waals surface area contributed by atoms with Crippen molar-refractivity contribution in [3.8, 4) is 6.07 Å². The third-order valence-electron chi connectivity index (χ3n) is 2.47. The topological polar surface area (TPSA) is 98.9 Å². The molecule has 1 rings (SSSR count). The minimum absolute atomic E-state index is 0.0517. The number of nitrogens with two attached hydrogens (primary N) is 1. The van der Waals surface area contributed by atoms with E-state index in [0.717, 1.165) is 11.8 Å². The number of aromatic nitrogens is 1. The molecule has 0 aliphatic heterocycles. The Balaban J connectivity index is 3.05. The van der Waals surface area contributed by atoms with Gasteiger partial charge in [-0.1, -0.05) is 0 Å². The summed E-state index contributed by atoms with van der Waals surface area (Å²) < 4.78 is 13.0. The second-order valence-corrected chi connectivity index (χ2v) is 3.90. The number of hydrogen-bond donors (Lipinski definition) is 2.